The van der Waals surface area contributed by atoms with E-state index in [9.17, 15) is 9.59 Å². The Kier molecular flexibility index (Phi) is 3.99. The van der Waals surface area contributed by atoms with Crippen LogP contribution < -0.4 is 0 Å². The van der Waals surface area contributed by atoms with Gasteiger partial charge in [0.2, 0.25) is 0 Å². The van der Waals surface area contributed by atoms with Crippen LogP contribution in [0.1, 0.15) is 21.0 Å². The second-order valence-corrected chi connectivity index (χ2v) is 5.52. The zero-order valence-corrected chi connectivity index (χ0v) is 13.5. The third-order valence-electron chi connectivity index (χ3n) is 3.81. The number of nitrogens with zero attached hydrogens (tertiary/aromatic N) is 2. The molecule has 2 aromatic heterocycles. The highest BCUT2D eigenvalue weighted by atomic mass is 17.2. The minimum absolute atomic E-state index is 0.0444. The molecule has 6 heteroatoms. The Labute approximate surface area is 148 Å². The Morgan fingerprint density at radius 3 is 1.46 bits per heavy atom. The highest BCUT2D eigenvalue weighted by Crippen LogP contribution is 2.14. The van der Waals surface area contributed by atoms with E-state index in [-0.39, 0.29) is 11.4 Å². The molecule has 2 aromatic carbocycles. The molecule has 0 radical (unpaired) electrons. The number of hydrogen-bond acceptors (Lipinski definition) is 6. The normalized spacial score (nSPS) is 10.6. The average molecular weight is 344 g/mol. The molecule has 4 rings (SSSR count). The predicted molar refractivity (Wildman–Crippen MR) is 94.3 cm³/mol. The number of pyridine rings is 2. The van der Waals surface area contributed by atoms with Gasteiger partial charge in [0, 0.05) is 10.8 Å². The summed E-state index contributed by atoms with van der Waals surface area (Å²) < 4.78 is 0. The van der Waals surface area contributed by atoms with Crippen molar-refractivity contribution >= 4 is 33.7 Å². The van der Waals surface area contributed by atoms with E-state index in [1.807, 2.05) is 36.4 Å². The van der Waals surface area contributed by atoms with Crippen LogP contribution in [0.5, 0.6) is 0 Å². The van der Waals surface area contributed by atoms with Crippen molar-refractivity contribution in [2.75, 3.05) is 0 Å². The summed E-state index contributed by atoms with van der Waals surface area (Å²) in [7, 11) is 0. The molecule has 6 nitrogen and oxygen atoms in total. The van der Waals surface area contributed by atoms with Gasteiger partial charge in [0.15, 0.2) is 11.4 Å². The number of aromatic nitrogens is 2. The van der Waals surface area contributed by atoms with Crippen molar-refractivity contribution in [2.45, 2.75) is 0 Å². The van der Waals surface area contributed by atoms with E-state index in [1.165, 1.54) is 12.1 Å². The number of benzene rings is 2. The van der Waals surface area contributed by atoms with Crippen LogP contribution in [0.4, 0.5) is 0 Å². The van der Waals surface area contributed by atoms with Gasteiger partial charge in [0.1, 0.15) is 0 Å². The van der Waals surface area contributed by atoms with E-state index >= 15 is 0 Å². The van der Waals surface area contributed by atoms with Crippen molar-refractivity contribution in [3.05, 3.63) is 84.2 Å². The fraction of sp³-hybridized carbons (Fsp3) is 0. The first-order chi connectivity index (χ1) is 12.7. The van der Waals surface area contributed by atoms with Gasteiger partial charge in [-0.25, -0.2) is 29.3 Å². The monoisotopic (exact) mass is 344 g/mol. The van der Waals surface area contributed by atoms with Crippen LogP contribution in [-0.4, -0.2) is 21.9 Å². The first-order valence-electron chi connectivity index (χ1n) is 7.85. The third-order valence-corrected chi connectivity index (χ3v) is 3.81. The van der Waals surface area contributed by atoms with E-state index in [1.54, 1.807) is 24.3 Å². The van der Waals surface area contributed by atoms with Crippen molar-refractivity contribution in [3.63, 3.8) is 0 Å². The Hall–Kier alpha value is -3.80. The lowest BCUT2D eigenvalue weighted by Gasteiger charge is -2.04. The minimum atomic E-state index is -0.857. The topological polar surface area (TPSA) is 78.4 Å². The quantitative estimate of drug-likeness (QED) is 0.407. The van der Waals surface area contributed by atoms with Crippen LogP contribution in [0.25, 0.3) is 21.8 Å². The molecule has 0 aliphatic carbocycles. The van der Waals surface area contributed by atoms with Crippen LogP contribution in [0.15, 0.2) is 72.8 Å². The van der Waals surface area contributed by atoms with Crippen LogP contribution in [0.2, 0.25) is 0 Å². The number of rotatable bonds is 2. The van der Waals surface area contributed by atoms with Crippen molar-refractivity contribution < 1.29 is 19.4 Å². The van der Waals surface area contributed by atoms with Gasteiger partial charge in [-0.2, -0.15) is 0 Å². The molecule has 26 heavy (non-hydrogen) atoms. The second kappa shape index (κ2) is 6.60. The number of fused-ring (bicyclic) bond motifs is 2. The van der Waals surface area contributed by atoms with Crippen LogP contribution in [-0.2, 0) is 9.78 Å². The van der Waals surface area contributed by atoms with Gasteiger partial charge in [0.05, 0.1) is 11.0 Å². The lowest BCUT2D eigenvalue weighted by Crippen LogP contribution is -2.14. The minimum Gasteiger partial charge on any atom is -0.241 e. The van der Waals surface area contributed by atoms with Crippen molar-refractivity contribution in [3.8, 4) is 0 Å². The first-order valence-corrected chi connectivity index (χ1v) is 7.85. The Balaban J connectivity index is 1.47. The molecule has 126 valence electrons. The summed E-state index contributed by atoms with van der Waals surface area (Å²) in [6, 6.07) is 21.2. The SMILES string of the molecule is O=C(OOC(=O)c1ccc2ccccc2n1)c1ccc2ccccc2n1. The third kappa shape index (κ3) is 3.08. The van der Waals surface area contributed by atoms with Gasteiger partial charge >= 0.3 is 11.9 Å². The average Bonchev–Trinajstić information content (AvgIpc) is 2.71. The molecule has 0 fully saturated rings. The standard InChI is InChI=1S/C20H12N2O4/c23-19(17-11-9-13-5-1-3-7-15(13)21-17)25-26-20(24)18-12-10-14-6-2-4-8-16(14)22-18/h1-12H. The highest BCUT2D eigenvalue weighted by Gasteiger charge is 2.17. The van der Waals surface area contributed by atoms with E-state index < -0.39 is 11.9 Å². The van der Waals surface area contributed by atoms with Gasteiger partial charge in [-0.1, -0.05) is 48.5 Å². The highest BCUT2D eigenvalue weighted by molar-refractivity contribution is 5.93. The molecule has 0 saturated heterocycles. The molecule has 2 heterocycles. The molecular weight excluding hydrogens is 332 g/mol. The van der Waals surface area contributed by atoms with Crippen molar-refractivity contribution in [2.24, 2.45) is 0 Å². The van der Waals surface area contributed by atoms with Crippen LogP contribution >= 0.6 is 0 Å². The molecule has 0 bridgehead atoms. The van der Waals surface area contributed by atoms with E-state index in [2.05, 4.69) is 19.7 Å². The number of hydrogen-bond donors (Lipinski definition) is 0. The van der Waals surface area contributed by atoms with Crippen LogP contribution in [0.3, 0.4) is 0 Å². The van der Waals surface area contributed by atoms with Gasteiger partial charge in [0.25, 0.3) is 0 Å². The second-order valence-electron chi connectivity index (χ2n) is 5.52. The van der Waals surface area contributed by atoms with E-state index in [0.29, 0.717) is 11.0 Å². The summed E-state index contributed by atoms with van der Waals surface area (Å²) in [5, 5.41) is 1.78. The molecule has 0 N–H and O–H groups in total. The molecule has 0 aliphatic rings. The number of carbonyl (C=O) groups is 2. The molecular formula is C20H12N2O4. The van der Waals surface area contributed by atoms with Crippen molar-refractivity contribution in [1.29, 1.82) is 0 Å². The summed E-state index contributed by atoms with van der Waals surface area (Å²) in [5.41, 5.74) is 1.37. The summed E-state index contributed by atoms with van der Waals surface area (Å²) in [4.78, 5) is 41.7. The summed E-state index contributed by atoms with van der Waals surface area (Å²) in [6.07, 6.45) is 0. The Morgan fingerprint density at radius 1 is 0.577 bits per heavy atom. The maximum absolute atomic E-state index is 12.1. The summed E-state index contributed by atoms with van der Waals surface area (Å²) in [6.45, 7) is 0. The lowest BCUT2D eigenvalue weighted by atomic mass is 10.2. The van der Waals surface area contributed by atoms with Gasteiger partial charge in [-0.05, 0) is 24.3 Å². The van der Waals surface area contributed by atoms with Crippen molar-refractivity contribution in [1.82, 2.24) is 9.97 Å². The number of para-hydroxylation sites is 2. The largest absolute Gasteiger partial charge is 0.404 e. The molecule has 0 unspecified atom stereocenters. The van der Waals surface area contributed by atoms with Gasteiger partial charge in [-0.3, -0.25) is 0 Å². The van der Waals surface area contributed by atoms with Crippen LogP contribution in [0, 0.1) is 0 Å². The molecule has 0 aliphatic heterocycles. The van der Waals surface area contributed by atoms with E-state index in [0.717, 1.165) is 10.8 Å². The zero-order valence-electron chi connectivity index (χ0n) is 13.5. The molecule has 4 aromatic rings. The smallest absolute Gasteiger partial charge is 0.241 e. The first kappa shape index (κ1) is 15.7. The molecule has 0 atom stereocenters. The zero-order chi connectivity index (χ0) is 17.9. The summed E-state index contributed by atoms with van der Waals surface area (Å²) in [5.74, 6) is -1.71. The van der Waals surface area contributed by atoms with Gasteiger partial charge in [-0.15, -0.1) is 0 Å². The van der Waals surface area contributed by atoms with E-state index in [4.69, 9.17) is 0 Å². The number of carbonyl (C=O) groups excluding carboxylic acids is 2. The summed E-state index contributed by atoms with van der Waals surface area (Å²) >= 11 is 0. The van der Waals surface area contributed by atoms with Gasteiger partial charge < -0.3 is 0 Å². The fourth-order valence-electron chi connectivity index (χ4n) is 2.52. The lowest BCUT2D eigenvalue weighted by molar-refractivity contribution is -0.188. The molecule has 0 spiro atoms. The Bertz CT molecular complexity index is 1050. The maximum Gasteiger partial charge on any atom is 0.404 e. The maximum atomic E-state index is 12.1. The Morgan fingerprint density at radius 2 is 1.00 bits per heavy atom. The fourth-order valence-corrected chi connectivity index (χ4v) is 2.52. The molecule has 0 saturated carbocycles. The predicted octanol–water partition coefficient (Wildman–Crippen LogP) is 3.71. The molecule has 0 amide bonds.